The summed E-state index contributed by atoms with van der Waals surface area (Å²) in [6, 6.07) is 2.69. The molecule has 1 aromatic carbocycles. The van der Waals surface area contributed by atoms with Crippen molar-refractivity contribution in [2.24, 2.45) is 0 Å². The first-order valence-corrected chi connectivity index (χ1v) is 4.23. The summed E-state index contributed by atoms with van der Waals surface area (Å²) in [6.07, 6.45) is 0. The summed E-state index contributed by atoms with van der Waals surface area (Å²) in [7, 11) is 2.73. The van der Waals surface area contributed by atoms with Gasteiger partial charge in [0, 0.05) is 5.56 Å². The Labute approximate surface area is 86.9 Å². The topological polar surface area (TPSA) is 76.0 Å². The molecule has 0 aliphatic heterocycles. The van der Waals surface area contributed by atoms with E-state index < -0.39 is 12.4 Å². The molecule has 0 unspecified atom stereocenters. The second kappa shape index (κ2) is 4.65. The zero-order valence-corrected chi connectivity index (χ0v) is 8.48. The Morgan fingerprint density at radius 1 is 1.27 bits per heavy atom. The average Bonchev–Trinajstić information content (AvgIpc) is 2.28. The molecule has 1 rings (SSSR count). The van der Waals surface area contributed by atoms with Gasteiger partial charge in [0.15, 0.2) is 17.3 Å². The lowest BCUT2D eigenvalue weighted by Crippen LogP contribution is -2.05. The second-order valence-electron chi connectivity index (χ2n) is 2.81. The minimum absolute atomic E-state index is 0.131. The molecular weight excluding hydrogens is 200 g/mol. The lowest BCUT2D eigenvalue weighted by Gasteiger charge is -2.09. The van der Waals surface area contributed by atoms with E-state index in [1.165, 1.54) is 26.4 Å². The summed E-state index contributed by atoms with van der Waals surface area (Å²) >= 11 is 0. The summed E-state index contributed by atoms with van der Waals surface area (Å²) < 4.78 is 9.72. The van der Waals surface area contributed by atoms with Crippen LogP contribution >= 0.6 is 0 Å². The molecule has 0 aliphatic carbocycles. The van der Waals surface area contributed by atoms with E-state index in [9.17, 15) is 9.90 Å². The molecule has 5 heteroatoms. The molecule has 1 aromatic rings. The van der Waals surface area contributed by atoms with Gasteiger partial charge in [-0.1, -0.05) is 0 Å². The van der Waals surface area contributed by atoms with Crippen LogP contribution in [0.3, 0.4) is 0 Å². The molecule has 0 radical (unpaired) electrons. The summed E-state index contributed by atoms with van der Waals surface area (Å²) in [6.45, 7) is -0.600. The van der Waals surface area contributed by atoms with Crippen molar-refractivity contribution < 1.29 is 24.5 Å². The van der Waals surface area contributed by atoms with E-state index in [4.69, 9.17) is 14.6 Å². The van der Waals surface area contributed by atoms with Crippen molar-refractivity contribution in [1.29, 1.82) is 0 Å². The van der Waals surface area contributed by atoms with Crippen LogP contribution in [0.5, 0.6) is 17.2 Å². The molecule has 0 aliphatic rings. The maximum atomic E-state index is 11.2. The number of hydrogen-bond donors (Lipinski definition) is 2. The smallest absolute Gasteiger partial charge is 0.200 e. The minimum atomic E-state index is -0.600. The third-order valence-electron chi connectivity index (χ3n) is 1.95. The molecule has 0 amide bonds. The highest BCUT2D eigenvalue weighted by molar-refractivity contribution is 5.98. The number of hydrogen-bond acceptors (Lipinski definition) is 5. The van der Waals surface area contributed by atoms with Gasteiger partial charge >= 0.3 is 0 Å². The van der Waals surface area contributed by atoms with Crippen LogP contribution in [0.25, 0.3) is 0 Å². The van der Waals surface area contributed by atoms with E-state index in [0.29, 0.717) is 0 Å². The van der Waals surface area contributed by atoms with Gasteiger partial charge in [-0.05, 0) is 12.1 Å². The number of aliphatic hydroxyl groups excluding tert-OH is 1. The molecule has 0 spiro atoms. The number of benzene rings is 1. The van der Waals surface area contributed by atoms with Crippen LogP contribution in [0, 0.1) is 0 Å². The molecule has 82 valence electrons. The summed E-state index contributed by atoms with van der Waals surface area (Å²) in [5.74, 6) is -0.376. The van der Waals surface area contributed by atoms with Crippen molar-refractivity contribution in [1.82, 2.24) is 0 Å². The lowest BCUT2D eigenvalue weighted by molar-refractivity contribution is 0.0903. The number of aromatic hydroxyl groups is 1. The van der Waals surface area contributed by atoms with E-state index in [0.717, 1.165) is 0 Å². The van der Waals surface area contributed by atoms with Crippen molar-refractivity contribution in [3.05, 3.63) is 17.7 Å². The van der Waals surface area contributed by atoms with Crippen molar-refractivity contribution in [2.45, 2.75) is 0 Å². The quantitative estimate of drug-likeness (QED) is 0.714. The van der Waals surface area contributed by atoms with Gasteiger partial charge in [-0.2, -0.15) is 0 Å². The lowest BCUT2D eigenvalue weighted by atomic mass is 10.1. The fourth-order valence-corrected chi connectivity index (χ4v) is 1.15. The Hall–Kier alpha value is -1.75. The number of carbonyl (C=O) groups is 1. The first kappa shape index (κ1) is 11.3. The van der Waals surface area contributed by atoms with Crippen molar-refractivity contribution in [3.63, 3.8) is 0 Å². The molecule has 0 atom stereocenters. The zero-order valence-electron chi connectivity index (χ0n) is 8.48. The number of ketones is 1. The van der Waals surface area contributed by atoms with E-state index >= 15 is 0 Å². The summed E-state index contributed by atoms with van der Waals surface area (Å²) in [5, 5.41) is 18.2. The Bertz CT molecular complexity index is 347. The summed E-state index contributed by atoms with van der Waals surface area (Å²) in [4.78, 5) is 11.2. The van der Waals surface area contributed by atoms with Crippen LogP contribution in [0.15, 0.2) is 12.1 Å². The Morgan fingerprint density at radius 2 is 1.73 bits per heavy atom. The van der Waals surface area contributed by atoms with E-state index in [2.05, 4.69) is 0 Å². The Kier molecular flexibility index (Phi) is 3.51. The Balaban J connectivity index is 3.26. The van der Waals surface area contributed by atoms with Gasteiger partial charge in [-0.15, -0.1) is 0 Å². The maximum Gasteiger partial charge on any atom is 0.200 e. The molecule has 0 saturated carbocycles. The van der Waals surface area contributed by atoms with Gasteiger partial charge in [0.2, 0.25) is 5.75 Å². The third kappa shape index (κ3) is 2.19. The number of methoxy groups -OCH3 is 2. The molecule has 0 bridgehead atoms. The van der Waals surface area contributed by atoms with Gasteiger partial charge in [0.25, 0.3) is 0 Å². The first-order chi connectivity index (χ1) is 7.13. The highest BCUT2D eigenvalue weighted by Gasteiger charge is 2.14. The largest absolute Gasteiger partial charge is 0.502 e. The predicted octanol–water partition coefficient (Wildman–Crippen LogP) is 0.584. The van der Waals surface area contributed by atoms with Crippen LogP contribution in [-0.2, 0) is 0 Å². The van der Waals surface area contributed by atoms with Crippen LogP contribution in [0.4, 0.5) is 0 Å². The predicted molar refractivity (Wildman–Crippen MR) is 52.6 cm³/mol. The number of ether oxygens (including phenoxy) is 2. The summed E-state index contributed by atoms with van der Waals surface area (Å²) in [5.41, 5.74) is 0.226. The van der Waals surface area contributed by atoms with Crippen LogP contribution in [-0.4, -0.2) is 36.8 Å². The first-order valence-electron chi connectivity index (χ1n) is 4.23. The molecule has 0 aromatic heterocycles. The third-order valence-corrected chi connectivity index (χ3v) is 1.95. The highest BCUT2D eigenvalue weighted by atomic mass is 16.5. The molecule has 0 fully saturated rings. The average molecular weight is 212 g/mol. The van der Waals surface area contributed by atoms with Crippen LogP contribution in [0.1, 0.15) is 10.4 Å². The van der Waals surface area contributed by atoms with Crippen molar-refractivity contribution in [2.75, 3.05) is 20.8 Å². The van der Waals surface area contributed by atoms with Gasteiger partial charge in [0.05, 0.1) is 14.2 Å². The fraction of sp³-hybridized carbons (Fsp3) is 0.300. The minimum Gasteiger partial charge on any atom is -0.502 e. The number of aliphatic hydroxyl groups is 1. The molecule has 15 heavy (non-hydrogen) atoms. The monoisotopic (exact) mass is 212 g/mol. The normalized spacial score (nSPS) is 9.80. The van der Waals surface area contributed by atoms with Gasteiger partial charge in [0.1, 0.15) is 6.61 Å². The second-order valence-corrected chi connectivity index (χ2v) is 2.81. The van der Waals surface area contributed by atoms with Gasteiger partial charge < -0.3 is 19.7 Å². The maximum absolute atomic E-state index is 11.2. The molecule has 5 nitrogen and oxygen atoms in total. The SMILES string of the molecule is COc1cc(C(=O)CO)cc(OC)c1O. The van der Waals surface area contributed by atoms with Crippen LogP contribution in [0.2, 0.25) is 0 Å². The number of carbonyl (C=O) groups excluding carboxylic acids is 1. The van der Waals surface area contributed by atoms with Gasteiger partial charge in [-0.25, -0.2) is 0 Å². The number of phenols is 1. The van der Waals surface area contributed by atoms with Gasteiger partial charge in [-0.3, -0.25) is 4.79 Å². The highest BCUT2D eigenvalue weighted by Crippen LogP contribution is 2.37. The zero-order chi connectivity index (χ0) is 11.4. The van der Waals surface area contributed by atoms with E-state index in [1.807, 2.05) is 0 Å². The van der Waals surface area contributed by atoms with E-state index in [1.54, 1.807) is 0 Å². The number of phenolic OH excluding ortho intramolecular Hbond substituents is 1. The van der Waals surface area contributed by atoms with Crippen molar-refractivity contribution >= 4 is 5.78 Å². The Morgan fingerprint density at radius 3 is 2.07 bits per heavy atom. The van der Waals surface area contributed by atoms with E-state index in [-0.39, 0.29) is 22.8 Å². The molecule has 0 heterocycles. The molecule has 0 saturated heterocycles. The van der Waals surface area contributed by atoms with Crippen molar-refractivity contribution in [3.8, 4) is 17.2 Å². The number of rotatable bonds is 4. The standard InChI is InChI=1S/C10H12O5/c1-14-8-3-6(7(12)5-11)4-9(15-2)10(8)13/h3-4,11,13H,5H2,1-2H3. The molecular formula is C10H12O5. The molecule has 2 N–H and O–H groups in total. The number of Topliss-reactive ketones (excluding diaryl/α,β-unsaturated/α-hetero) is 1. The van der Waals surface area contributed by atoms with Crippen LogP contribution < -0.4 is 9.47 Å². The fourth-order valence-electron chi connectivity index (χ4n) is 1.15.